The van der Waals surface area contributed by atoms with Crippen LogP contribution in [0.3, 0.4) is 0 Å². The van der Waals surface area contributed by atoms with Gasteiger partial charge in [0.1, 0.15) is 5.60 Å². The Morgan fingerprint density at radius 1 is 1.50 bits per heavy atom. The van der Waals surface area contributed by atoms with Gasteiger partial charge in [-0.2, -0.15) is 0 Å². The number of aliphatic hydroxyl groups excluding tert-OH is 1. The van der Waals surface area contributed by atoms with Gasteiger partial charge in [0, 0.05) is 13.1 Å². The average Bonchev–Trinajstić information content (AvgIpc) is 1.90. The zero-order chi connectivity index (χ0) is 8.20. The Labute approximate surface area is 61.2 Å². The summed E-state index contributed by atoms with van der Waals surface area (Å²) in [5.74, 6) is 5.19. The molecule has 0 spiro atoms. The van der Waals surface area contributed by atoms with Gasteiger partial charge in [-0.05, 0) is 0 Å². The molecule has 62 valence electrons. The number of β-amino-alcohol motifs (C(OH)–C–C–N with tert-alkyl or cyclic N) is 1. The van der Waals surface area contributed by atoms with Crippen LogP contribution in [0.25, 0.3) is 0 Å². The first kappa shape index (κ1) is 9.84. The predicted molar refractivity (Wildman–Crippen MR) is 39.1 cm³/mol. The number of hydrogen-bond donors (Lipinski definition) is 3. The highest BCUT2D eigenvalue weighted by atomic mass is 16.3. The maximum Gasteiger partial charge on any atom is 0.116 e. The van der Waals surface area contributed by atoms with E-state index >= 15 is 0 Å². The normalized spacial score (nSPS) is 22.5. The van der Waals surface area contributed by atoms with Crippen molar-refractivity contribution in [3.63, 3.8) is 0 Å². The van der Waals surface area contributed by atoms with Crippen molar-refractivity contribution in [3.05, 3.63) is 0 Å². The maximum atomic E-state index is 9.02. The van der Waals surface area contributed by atoms with Gasteiger partial charge >= 0.3 is 0 Å². The molecule has 1 aliphatic rings. The fraction of sp³-hybridized carbons (Fsp3) is 1.00. The lowest BCUT2D eigenvalue weighted by Gasteiger charge is -2.42. The summed E-state index contributed by atoms with van der Waals surface area (Å²) < 4.78 is 0. The van der Waals surface area contributed by atoms with E-state index in [2.05, 4.69) is 0 Å². The highest BCUT2D eigenvalue weighted by Gasteiger charge is 2.38. The summed E-state index contributed by atoms with van der Waals surface area (Å²) in [5, 5.41) is 18.9. The van der Waals surface area contributed by atoms with Crippen molar-refractivity contribution in [2.45, 2.75) is 19.4 Å². The van der Waals surface area contributed by atoms with E-state index in [1.165, 1.54) is 5.01 Å². The molecule has 0 aromatic heterocycles. The molecule has 1 aliphatic heterocycles. The molecular formula is C6H16N2O2. The molecular weight excluding hydrogens is 132 g/mol. The second-order valence-electron chi connectivity index (χ2n) is 2.29. The fourth-order valence-corrected chi connectivity index (χ4v) is 0.810. The van der Waals surface area contributed by atoms with Crippen LogP contribution in [0, 0.1) is 0 Å². The first-order chi connectivity index (χ1) is 4.66. The molecule has 4 nitrogen and oxygen atoms in total. The number of hydrogen-bond acceptors (Lipinski definition) is 4. The lowest BCUT2D eigenvalue weighted by Crippen LogP contribution is -2.66. The van der Waals surface area contributed by atoms with E-state index in [0.717, 1.165) is 0 Å². The molecule has 0 bridgehead atoms. The molecule has 1 heterocycles. The summed E-state index contributed by atoms with van der Waals surface area (Å²) in [6.45, 7) is 4.56. The number of rotatable bonds is 1. The topological polar surface area (TPSA) is 69.7 Å². The SMILES string of the molecule is CC.NN1CC(O)(CO)C1. The lowest BCUT2D eigenvalue weighted by molar-refractivity contribution is -0.126. The van der Waals surface area contributed by atoms with Gasteiger partial charge in [-0.25, -0.2) is 5.01 Å². The van der Waals surface area contributed by atoms with Crippen molar-refractivity contribution in [1.82, 2.24) is 5.01 Å². The molecule has 1 fully saturated rings. The molecule has 1 saturated heterocycles. The second kappa shape index (κ2) is 3.88. The second-order valence-corrected chi connectivity index (χ2v) is 2.29. The molecule has 0 unspecified atom stereocenters. The third kappa shape index (κ3) is 2.22. The van der Waals surface area contributed by atoms with Crippen molar-refractivity contribution in [1.29, 1.82) is 0 Å². The molecule has 0 aromatic carbocycles. The fourth-order valence-electron chi connectivity index (χ4n) is 0.810. The lowest BCUT2D eigenvalue weighted by atomic mass is 9.98. The Balaban J connectivity index is 0.000000371. The van der Waals surface area contributed by atoms with Crippen molar-refractivity contribution >= 4 is 0 Å². The Morgan fingerprint density at radius 2 is 1.90 bits per heavy atom. The molecule has 4 N–H and O–H groups in total. The molecule has 0 radical (unpaired) electrons. The summed E-state index contributed by atoms with van der Waals surface area (Å²) >= 11 is 0. The van der Waals surface area contributed by atoms with Crippen LogP contribution in [0.5, 0.6) is 0 Å². The van der Waals surface area contributed by atoms with Crippen molar-refractivity contribution < 1.29 is 10.2 Å². The monoisotopic (exact) mass is 148 g/mol. The maximum absolute atomic E-state index is 9.02. The smallest absolute Gasteiger partial charge is 0.116 e. The van der Waals surface area contributed by atoms with Gasteiger partial charge in [0.2, 0.25) is 0 Å². The molecule has 0 aromatic rings. The molecule has 0 saturated carbocycles. The third-order valence-electron chi connectivity index (χ3n) is 1.29. The minimum Gasteiger partial charge on any atom is -0.393 e. The molecule has 0 amide bonds. The van der Waals surface area contributed by atoms with E-state index in [9.17, 15) is 0 Å². The minimum absolute atomic E-state index is 0.194. The van der Waals surface area contributed by atoms with Crippen LogP contribution in [0.15, 0.2) is 0 Å². The number of aliphatic hydroxyl groups is 2. The summed E-state index contributed by atoms with van der Waals surface area (Å²) in [6.07, 6.45) is 0. The van der Waals surface area contributed by atoms with E-state index in [4.69, 9.17) is 16.1 Å². The molecule has 1 rings (SSSR count). The highest BCUT2D eigenvalue weighted by Crippen LogP contribution is 2.14. The Bertz CT molecular complexity index is 91.7. The molecule has 4 heteroatoms. The van der Waals surface area contributed by atoms with Gasteiger partial charge in [-0.15, -0.1) is 0 Å². The molecule has 0 atom stereocenters. The average molecular weight is 148 g/mol. The summed E-state index contributed by atoms with van der Waals surface area (Å²) in [6, 6.07) is 0. The van der Waals surface area contributed by atoms with E-state index < -0.39 is 5.60 Å². The van der Waals surface area contributed by atoms with Crippen LogP contribution in [-0.2, 0) is 0 Å². The Hall–Kier alpha value is -0.160. The number of hydrazine groups is 1. The molecule has 10 heavy (non-hydrogen) atoms. The number of nitrogens with zero attached hydrogens (tertiary/aromatic N) is 1. The van der Waals surface area contributed by atoms with E-state index in [1.807, 2.05) is 13.8 Å². The highest BCUT2D eigenvalue weighted by molar-refractivity contribution is 4.91. The standard InChI is InChI=1S/C4H10N2O2.C2H6/c5-6-1-4(8,2-6)3-7;1-2/h7-8H,1-3,5H2;1-2H3. The summed E-state index contributed by atoms with van der Waals surface area (Å²) in [4.78, 5) is 0. The largest absolute Gasteiger partial charge is 0.393 e. The van der Waals surface area contributed by atoms with Crippen LogP contribution >= 0.6 is 0 Å². The summed E-state index contributed by atoms with van der Waals surface area (Å²) in [5.41, 5.74) is -0.908. The van der Waals surface area contributed by atoms with E-state index in [1.54, 1.807) is 0 Å². The van der Waals surface area contributed by atoms with Crippen molar-refractivity contribution in [2.75, 3.05) is 19.7 Å². The van der Waals surface area contributed by atoms with Crippen LogP contribution in [0.1, 0.15) is 13.8 Å². The van der Waals surface area contributed by atoms with Crippen LogP contribution in [0.4, 0.5) is 0 Å². The van der Waals surface area contributed by atoms with E-state index in [0.29, 0.717) is 13.1 Å². The number of nitrogens with two attached hydrogens (primary N) is 1. The van der Waals surface area contributed by atoms with Gasteiger partial charge in [0.05, 0.1) is 6.61 Å². The van der Waals surface area contributed by atoms with Crippen molar-refractivity contribution in [3.8, 4) is 0 Å². The third-order valence-corrected chi connectivity index (χ3v) is 1.29. The van der Waals surface area contributed by atoms with Crippen LogP contribution in [-0.4, -0.2) is 40.5 Å². The van der Waals surface area contributed by atoms with Gasteiger partial charge in [-0.3, -0.25) is 5.84 Å². The van der Waals surface area contributed by atoms with Crippen LogP contribution < -0.4 is 5.84 Å². The molecule has 0 aliphatic carbocycles. The zero-order valence-corrected chi connectivity index (χ0v) is 6.54. The van der Waals surface area contributed by atoms with Crippen LogP contribution in [0.2, 0.25) is 0 Å². The first-order valence-electron chi connectivity index (χ1n) is 3.49. The van der Waals surface area contributed by atoms with Gasteiger partial charge in [0.25, 0.3) is 0 Å². The van der Waals surface area contributed by atoms with Gasteiger partial charge in [0.15, 0.2) is 0 Å². The summed E-state index contributed by atoms with van der Waals surface area (Å²) in [7, 11) is 0. The van der Waals surface area contributed by atoms with Crippen molar-refractivity contribution in [2.24, 2.45) is 5.84 Å². The first-order valence-corrected chi connectivity index (χ1v) is 3.49. The van der Waals surface area contributed by atoms with Gasteiger partial charge < -0.3 is 10.2 Å². The quantitative estimate of drug-likeness (QED) is 0.414. The van der Waals surface area contributed by atoms with Gasteiger partial charge in [-0.1, -0.05) is 13.8 Å². The van der Waals surface area contributed by atoms with E-state index in [-0.39, 0.29) is 6.61 Å². The Morgan fingerprint density at radius 3 is 2.00 bits per heavy atom. The predicted octanol–water partition coefficient (Wildman–Crippen LogP) is -1.07. The zero-order valence-electron chi connectivity index (χ0n) is 6.54. The Kier molecular flexibility index (Phi) is 3.81. The minimum atomic E-state index is -0.908.